The van der Waals surface area contributed by atoms with Gasteiger partial charge in [0.15, 0.2) is 0 Å². The molecule has 1 aliphatic carbocycles. The van der Waals surface area contributed by atoms with E-state index in [1.165, 1.54) is 0 Å². The molecule has 1 aliphatic rings. The number of hydrogen-bond acceptors (Lipinski definition) is 2. The molecule has 0 saturated carbocycles. The predicted octanol–water partition coefficient (Wildman–Crippen LogP) is 2.87. The molecule has 102 valence electrons. The topological polar surface area (TPSA) is 46.2 Å². The lowest BCUT2D eigenvalue weighted by Crippen LogP contribution is -2.35. The van der Waals surface area contributed by atoms with Crippen LogP contribution in [-0.4, -0.2) is 14.9 Å². The molecule has 0 saturated heterocycles. The SMILES string of the molecule is CC(C)(C)C(=O)NC1=C(S(=O)C(C)(C)C)C=CC1. The van der Waals surface area contributed by atoms with Crippen LogP contribution >= 0.6 is 0 Å². The maximum Gasteiger partial charge on any atom is 0.229 e. The molecule has 0 aromatic heterocycles. The molecular formula is C14H23NO2S. The van der Waals surface area contributed by atoms with Gasteiger partial charge in [0.2, 0.25) is 5.91 Å². The van der Waals surface area contributed by atoms with Crippen molar-refractivity contribution in [3.63, 3.8) is 0 Å². The summed E-state index contributed by atoms with van der Waals surface area (Å²) in [4.78, 5) is 12.7. The van der Waals surface area contributed by atoms with Crippen LogP contribution in [0.4, 0.5) is 0 Å². The minimum Gasteiger partial charge on any atom is -0.328 e. The van der Waals surface area contributed by atoms with Gasteiger partial charge in [-0.1, -0.05) is 26.8 Å². The van der Waals surface area contributed by atoms with Gasteiger partial charge in [0, 0.05) is 22.3 Å². The molecular weight excluding hydrogens is 246 g/mol. The first-order valence-corrected chi connectivity index (χ1v) is 7.31. The summed E-state index contributed by atoms with van der Waals surface area (Å²) in [7, 11) is -1.11. The van der Waals surface area contributed by atoms with Crippen LogP contribution in [0.1, 0.15) is 48.0 Å². The molecule has 0 radical (unpaired) electrons. The molecule has 1 amide bonds. The summed E-state index contributed by atoms with van der Waals surface area (Å²) in [6.07, 6.45) is 4.45. The van der Waals surface area contributed by atoms with E-state index >= 15 is 0 Å². The van der Waals surface area contributed by atoms with Gasteiger partial charge in [0.25, 0.3) is 0 Å². The Balaban J connectivity index is 2.95. The lowest BCUT2D eigenvalue weighted by atomic mass is 9.95. The quantitative estimate of drug-likeness (QED) is 0.838. The van der Waals surface area contributed by atoms with Gasteiger partial charge in [-0.25, -0.2) is 0 Å². The molecule has 0 bridgehead atoms. The van der Waals surface area contributed by atoms with Gasteiger partial charge in [0.1, 0.15) is 0 Å². The van der Waals surface area contributed by atoms with Gasteiger partial charge in [-0.3, -0.25) is 9.00 Å². The Kier molecular flexibility index (Phi) is 4.21. The largest absolute Gasteiger partial charge is 0.328 e. The van der Waals surface area contributed by atoms with Crippen LogP contribution in [0.25, 0.3) is 0 Å². The van der Waals surface area contributed by atoms with E-state index in [1.807, 2.05) is 53.7 Å². The van der Waals surface area contributed by atoms with Crippen LogP contribution in [0, 0.1) is 5.41 Å². The second-order valence-corrected chi connectivity index (χ2v) is 8.74. The van der Waals surface area contributed by atoms with Crippen molar-refractivity contribution < 1.29 is 9.00 Å². The summed E-state index contributed by atoms with van der Waals surface area (Å²) in [5, 5.41) is 2.91. The zero-order chi connectivity index (χ0) is 14.1. The summed E-state index contributed by atoms with van der Waals surface area (Å²) in [6, 6.07) is 0. The van der Waals surface area contributed by atoms with E-state index in [4.69, 9.17) is 0 Å². The molecule has 0 aromatic carbocycles. The van der Waals surface area contributed by atoms with E-state index in [0.717, 1.165) is 10.6 Å². The number of nitrogens with one attached hydrogen (secondary N) is 1. The lowest BCUT2D eigenvalue weighted by molar-refractivity contribution is -0.127. The highest BCUT2D eigenvalue weighted by Gasteiger charge is 2.28. The average molecular weight is 269 g/mol. The second-order valence-electron chi connectivity index (χ2n) is 6.53. The number of carbonyl (C=O) groups is 1. The van der Waals surface area contributed by atoms with Crippen molar-refractivity contribution in [1.29, 1.82) is 0 Å². The smallest absolute Gasteiger partial charge is 0.229 e. The van der Waals surface area contributed by atoms with Crippen LogP contribution in [-0.2, 0) is 15.6 Å². The predicted molar refractivity (Wildman–Crippen MR) is 76.3 cm³/mol. The van der Waals surface area contributed by atoms with Crippen molar-refractivity contribution in [2.24, 2.45) is 5.41 Å². The summed E-state index contributed by atoms with van der Waals surface area (Å²) >= 11 is 0. The Morgan fingerprint density at radius 2 is 1.78 bits per heavy atom. The summed E-state index contributed by atoms with van der Waals surface area (Å²) < 4.78 is 12.0. The maximum atomic E-state index is 12.4. The van der Waals surface area contributed by atoms with E-state index in [9.17, 15) is 9.00 Å². The Hall–Kier alpha value is -0.900. The van der Waals surface area contributed by atoms with E-state index in [0.29, 0.717) is 6.42 Å². The minimum absolute atomic E-state index is 0.0374. The van der Waals surface area contributed by atoms with E-state index in [1.54, 1.807) is 0 Å². The number of rotatable bonds is 2. The van der Waals surface area contributed by atoms with E-state index < -0.39 is 16.2 Å². The highest BCUT2D eigenvalue weighted by atomic mass is 32.2. The first-order valence-electron chi connectivity index (χ1n) is 6.16. The zero-order valence-electron chi connectivity index (χ0n) is 12.1. The van der Waals surface area contributed by atoms with Gasteiger partial charge in [-0.05, 0) is 26.8 Å². The van der Waals surface area contributed by atoms with Crippen molar-refractivity contribution in [2.45, 2.75) is 52.7 Å². The van der Waals surface area contributed by atoms with Crippen LogP contribution in [0.2, 0.25) is 0 Å². The minimum atomic E-state index is -1.11. The monoisotopic (exact) mass is 269 g/mol. The summed E-state index contributed by atoms with van der Waals surface area (Å²) in [5.41, 5.74) is 0.340. The Labute approximate surface area is 112 Å². The number of allylic oxidation sites excluding steroid dienone is 2. The van der Waals surface area contributed by atoms with Gasteiger partial charge < -0.3 is 5.32 Å². The fourth-order valence-electron chi connectivity index (χ4n) is 1.43. The third-order valence-electron chi connectivity index (χ3n) is 2.59. The van der Waals surface area contributed by atoms with Crippen molar-refractivity contribution in [3.8, 4) is 0 Å². The lowest BCUT2D eigenvalue weighted by Gasteiger charge is -2.22. The molecule has 0 heterocycles. The van der Waals surface area contributed by atoms with Crippen LogP contribution in [0.3, 0.4) is 0 Å². The van der Waals surface area contributed by atoms with Crippen LogP contribution in [0.5, 0.6) is 0 Å². The molecule has 3 nitrogen and oxygen atoms in total. The standard InChI is InChI=1S/C14H23NO2S/c1-13(2,3)12(16)15-10-8-7-9-11(10)18(17)14(4,5)6/h7,9H,8H2,1-6H3,(H,15,16). The molecule has 1 N–H and O–H groups in total. The molecule has 0 fully saturated rings. The molecule has 1 atom stereocenters. The van der Waals surface area contributed by atoms with Gasteiger partial charge in [0.05, 0.1) is 15.7 Å². The first-order chi connectivity index (χ1) is 8.03. The highest BCUT2D eigenvalue weighted by Crippen LogP contribution is 2.28. The molecule has 0 spiro atoms. The van der Waals surface area contributed by atoms with Crippen LogP contribution in [0.15, 0.2) is 22.8 Å². The van der Waals surface area contributed by atoms with E-state index in [2.05, 4.69) is 5.32 Å². The summed E-state index contributed by atoms with van der Waals surface area (Å²) in [6.45, 7) is 11.4. The molecule has 1 unspecified atom stereocenters. The van der Waals surface area contributed by atoms with Gasteiger partial charge >= 0.3 is 0 Å². The Morgan fingerprint density at radius 1 is 1.22 bits per heavy atom. The maximum absolute atomic E-state index is 12.4. The summed E-state index contributed by atoms with van der Waals surface area (Å²) in [5.74, 6) is -0.0374. The number of amides is 1. The van der Waals surface area contributed by atoms with Gasteiger partial charge in [-0.2, -0.15) is 0 Å². The van der Waals surface area contributed by atoms with Crippen molar-refractivity contribution in [3.05, 3.63) is 22.8 Å². The highest BCUT2D eigenvalue weighted by molar-refractivity contribution is 7.90. The molecule has 4 heteroatoms. The van der Waals surface area contributed by atoms with Crippen molar-refractivity contribution >= 4 is 16.7 Å². The fourth-order valence-corrected chi connectivity index (χ4v) is 2.66. The molecule has 1 rings (SSSR count). The molecule has 0 aromatic rings. The normalized spacial score (nSPS) is 18.1. The number of hydrogen-bond donors (Lipinski definition) is 1. The van der Waals surface area contributed by atoms with Crippen molar-refractivity contribution in [2.75, 3.05) is 0 Å². The average Bonchev–Trinajstić information content (AvgIpc) is 2.61. The first kappa shape index (κ1) is 15.2. The Morgan fingerprint density at radius 3 is 2.22 bits per heavy atom. The zero-order valence-corrected chi connectivity index (χ0v) is 12.9. The second kappa shape index (κ2) is 5.00. The fraction of sp³-hybridized carbons (Fsp3) is 0.643. The Bertz CT molecular complexity index is 434. The third kappa shape index (κ3) is 3.55. The third-order valence-corrected chi connectivity index (χ3v) is 4.48. The van der Waals surface area contributed by atoms with Crippen molar-refractivity contribution in [1.82, 2.24) is 5.32 Å². The number of carbonyl (C=O) groups excluding carboxylic acids is 1. The molecule has 18 heavy (non-hydrogen) atoms. The van der Waals surface area contributed by atoms with E-state index in [-0.39, 0.29) is 10.7 Å². The molecule has 0 aliphatic heterocycles. The van der Waals surface area contributed by atoms with Crippen LogP contribution < -0.4 is 5.32 Å². The van der Waals surface area contributed by atoms with Gasteiger partial charge in [-0.15, -0.1) is 0 Å².